The number of hydrogen-bond donors (Lipinski definition) is 1. The first-order valence-electron chi connectivity index (χ1n) is 8.96. The molecule has 0 saturated carbocycles. The van der Waals surface area contributed by atoms with Crippen molar-refractivity contribution in [2.24, 2.45) is 0 Å². The number of esters is 1. The third-order valence-electron chi connectivity index (χ3n) is 4.55. The molecule has 0 bridgehead atoms. The Balaban J connectivity index is 2.06. The van der Waals surface area contributed by atoms with Gasteiger partial charge in [-0.2, -0.15) is 0 Å². The Morgan fingerprint density at radius 3 is 2.56 bits per heavy atom. The van der Waals surface area contributed by atoms with Crippen LogP contribution in [0, 0.1) is 0 Å². The number of ether oxygens (including phenoxy) is 3. The zero-order valence-corrected chi connectivity index (χ0v) is 15.8. The predicted octanol–water partition coefficient (Wildman–Crippen LogP) is 3.71. The van der Waals surface area contributed by atoms with Crippen molar-refractivity contribution in [2.45, 2.75) is 32.7 Å². The Bertz CT molecular complexity index is 875. The second-order valence-electron chi connectivity index (χ2n) is 6.31. The lowest BCUT2D eigenvalue weighted by Crippen LogP contribution is -2.12. The van der Waals surface area contributed by atoms with E-state index < -0.39 is 0 Å². The lowest BCUT2D eigenvalue weighted by Gasteiger charge is -2.17. The average Bonchev–Trinajstić information content (AvgIpc) is 3.06. The Hall–Kier alpha value is -3.02. The summed E-state index contributed by atoms with van der Waals surface area (Å²) in [6.45, 7) is 2.51. The number of carbonyl (C=O) groups excluding carboxylic acids is 2. The molecule has 1 amide bonds. The smallest absolute Gasteiger partial charge is 0.311 e. The van der Waals surface area contributed by atoms with Gasteiger partial charge in [0.25, 0.3) is 5.91 Å². The van der Waals surface area contributed by atoms with Crippen molar-refractivity contribution < 1.29 is 23.8 Å². The second-order valence-corrected chi connectivity index (χ2v) is 6.31. The number of carbonyl (C=O) groups is 2. The van der Waals surface area contributed by atoms with Crippen LogP contribution < -0.4 is 19.5 Å². The van der Waals surface area contributed by atoms with Crippen LogP contribution >= 0.6 is 0 Å². The summed E-state index contributed by atoms with van der Waals surface area (Å²) < 4.78 is 16.5. The second kappa shape index (κ2) is 8.12. The van der Waals surface area contributed by atoms with E-state index in [1.165, 1.54) is 14.2 Å². The van der Waals surface area contributed by atoms with Gasteiger partial charge in [-0.1, -0.05) is 19.4 Å². The molecule has 2 aromatic carbocycles. The molecule has 0 saturated heterocycles. The highest BCUT2D eigenvalue weighted by molar-refractivity contribution is 5.99. The minimum atomic E-state index is -0.317. The molecule has 2 aromatic rings. The monoisotopic (exact) mass is 369 g/mol. The molecule has 0 unspecified atom stereocenters. The van der Waals surface area contributed by atoms with Crippen LogP contribution in [0.25, 0.3) is 11.1 Å². The predicted molar refractivity (Wildman–Crippen MR) is 101 cm³/mol. The third kappa shape index (κ3) is 3.74. The zero-order chi connectivity index (χ0) is 19.4. The summed E-state index contributed by atoms with van der Waals surface area (Å²) in [5, 5.41) is 2.81. The van der Waals surface area contributed by atoms with E-state index in [4.69, 9.17) is 14.2 Å². The molecule has 6 nitrogen and oxygen atoms in total. The van der Waals surface area contributed by atoms with Gasteiger partial charge in [0.05, 0.1) is 14.2 Å². The van der Waals surface area contributed by atoms with Gasteiger partial charge in [0.15, 0.2) is 11.5 Å². The summed E-state index contributed by atoms with van der Waals surface area (Å²) in [6.07, 6.45) is 2.00. The first kappa shape index (κ1) is 18.8. The van der Waals surface area contributed by atoms with Crippen LogP contribution in [0.3, 0.4) is 0 Å². The molecule has 3 rings (SSSR count). The normalized spacial score (nSPS) is 12.3. The lowest BCUT2D eigenvalue weighted by atomic mass is 9.99. The first-order valence-corrected chi connectivity index (χ1v) is 8.96. The van der Waals surface area contributed by atoms with Crippen molar-refractivity contribution in [1.82, 2.24) is 5.32 Å². The molecule has 0 fully saturated rings. The number of rotatable bonds is 7. The van der Waals surface area contributed by atoms with Gasteiger partial charge in [0.2, 0.25) is 5.75 Å². The Morgan fingerprint density at radius 1 is 1.07 bits per heavy atom. The summed E-state index contributed by atoms with van der Waals surface area (Å²) in [5.74, 6) is 0.792. The quantitative estimate of drug-likeness (QED) is 0.595. The largest absolute Gasteiger partial charge is 0.493 e. The number of nitrogens with one attached hydrogen (secondary N) is 1. The summed E-state index contributed by atoms with van der Waals surface area (Å²) in [7, 11) is 3.04. The fourth-order valence-electron chi connectivity index (χ4n) is 3.11. The van der Waals surface area contributed by atoms with Crippen molar-refractivity contribution >= 4 is 11.9 Å². The number of amides is 1. The van der Waals surface area contributed by atoms with Crippen molar-refractivity contribution in [3.63, 3.8) is 0 Å². The summed E-state index contributed by atoms with van der Waals surface area (Å²) in [6, 6.07) is 9.16. The van der Waals surface area contributed by atoms with Crippen LogP contribution in [0.15, 0.2) is 30.3 Å². The van der Waals surface area contributed by atoms with E-state index in [-0.39, 0.29) is 11.9 Å². The van der Waals surface area contributed by atoms with Gasteiger partial charge >= 0.3 is 5.97 Å². The molecule has 6 heteroatoms. The van der Waals surface area contributed by atoms with Crippen LogP contribution in [0.1, 0.15) is 42.1 Å². The molecular weight excluding hydrogens is 346 g/mol. The van der Waals surface area contributed by atoms with Gasteiger partial charge in [-0.15, -0.1) is 0 Å². The minimum Gasteiger partial charge on any atom is -0.493 e. The number of unbranched alkanes of at least 4 members (excludes halogenated alkanes) is 1. The molecular formula is C21H23NO5. The molecule has 0 aliphatic carbocycles. The minimum absolute atomic E-state index is 0.0740. The number of hydrogen-bond acceptors (Lipinski definition) is 5. The Morgan fingerprint density at radius 2 is 1.85 bits per heavy atom. The van der Waals surface area contributed by atoms with E-state index in [9.17, 15) is 9.59 Å². The highest BCUT2D eigenvalue weighted by Crippen LogP contribution is 2.45. The fraction of sp³-hybridized carbons (Fsp3) is 0.333. The molecule has 1 N–H and O–H groups in total. The van der Waals surface area contributed by atoms with E-state index in [1.807, 2.05) is 25.1 Å². The van der Waals surface area contributed by atoms with Crippen LogP contribution in [0.5, 0.6) is 17.2 Å². The fourth-order valence-corrected chi connectivity index (χ4v) is 3.11. The average molecular weight is 369 g/mol. The van der Waals surface area contributed by atoms with E-state index in [0.29, 0.717) is 41.3 Å². The van der Waals surface area contributed by atoms with Gasteiger partial charge in [-0.3, -0.25) is 9.59 Å². The van der Waals surface area contributed by atoms with Crippen LogP contribution in [-0.2, 0) is 11.3 Å². The lowest BCUT2D eigenvalue weighted by molar-refractivity contribution is -0.134. The van der Waals surface area contributed by atoms with Crippen molar-refractivity contribution in [1.29, 1.82) is 0 Å². The highest BCUT2D eigenvalue weighted by atomic mass is 16.6. The van der Waals surface area contributed by atoms with E-state index in [0.717, 1.165) is 24.0 Å². The van der Waals surface area contributed by atoms with Crippen LogP contribution in [0.4, 0.5) is 0 Å². The summed E-state index contributed by atoms with van der Waals surface area (Å²) >= 11 is 0. The van der Waals surface area contributed by atoms with Gasteiger partial charge in [0, 0.05) is 24.1 Å². The molecule has 1 aliphatic heterocycles. The summed E-state index contributed by atoms with van der Waals surface area (Å²) in [4.78, 5) is 24.1. The van der Waals surface area contributed by atoms with Crippen molar-refractivity contribution in [3.8, 4) is 28.4 Å². The maximum absolute atomic E-state index is 12.3. The van der Waals surface area contributed by atoms with Crippen molar-refractivity contribution in [2.75, 3.05) is 14.2 Å². The molecule has 1 aliphatic rings. The number of benzene rings is 2. The molecule has 0 aromatic heterocycles. The maximum Gasteiger partial charge on any atom is 0.311 e. The summed E-state index contributed by atoms with van der Waals surface area (Å²) in [5.41, 5.74) is 3.13. The molecule has 142 valence electrons. The van der Waals surface area contributed by atoms with E-state index in [1.54, 1.807) is 12.1 Å². The maximum atomic E-state index is 12.3. The molecule has 0 atom stereocenters. The molecule has 1 heterocycles. The van der Waals surface area contributed by atoms with E-state index in [2.05, 4.69) is 5.32 Å². The SMILES string of the molecule is CCCCC(=O)Oc1c(-c2ccc3c(c2)CNC3=O)ccc(OC)c1OC. The van der Waals surface area contributed by atoms with Gasteiger partial charge in [-0.25, -0.2) is 0 Å². The molecule has 0 radical (unpaired) electrons. The zero-order valence-electron chi connectivity index (χ0n) is 15.8. The van der Waals surface area contributed by atoms with Gasteiger partial charge < -0.3 is 19.5 Å². The highest BCUT2D eigenvalue weighted by Gasteiger charge is 2.23. The van der Waals surface area contributed by atoms with Gasteiger partial charge in [-0.05, 0) is 41.8 Å². The first-order chi connectivity index (χ1) is 13.1. The topological polar surface area (TPSA) is 73.9 Å². The number of methoxy groups -OCH3 is 2. The van der Waals surface area contributed by atoms with Crippen LogP contribution in [0.2, 0.25) is 0 Å². The third-order valence-corrected chi connectivity index (χ3v) is 4.55. The Kier molecular flexibility index (Phi) is 5.64. The molecule has 27 heavy (non-hydrogen) atoms. The molecule has 0 spiro atoms. The van der Waals surface area contributed by atoms with Crippen LogP contribution in [-0.4, -0.2) is 26.1 Å². The number of fused-ring (bicyclic) bond motifs is 1. The Labute approximate surface area is 158 Å². The van der Waals surface area contributed by atoms with Crippen molar-refractivity contribution in [3.05, 3.63) is 41.5 Å². The van der Waals surface area contributed by atoms with E-state index >= 15 is 0 Å². The van der Waals surface area contributed by atoms with Gasteiger partial charge in [0.1, 0.15) is 0 Å². The standard InChI is InChI=1S/C21H23NO5/c1-4-5-6-18(23)27-19-15(9-10-17(25-2)20(19)26-3)13-7-8-16-14(11-13)12-22-21(16)24/h7-11H,4-6,12H2,1-3H3,(H,22,24).